The predicted molar refractivity (Wildman–Crippen MR) is 65.4 cm³/mol. The molecule has 1 heterocycles. The Morgan fingerprint density at radius 3 is 2.79 bits per heavy atom. The van der Waals surface area contributed by atoms with Gasteiger partial charge < -0.3 is 5.32 Å². The van der Waals surface area contributed by atoms with Gasteiger partial charge in [-0.3, -0.25) is 14.3 Å². The summed E-state index contributed by atoms with van der Waals surface area (Å²) in [5, 5.41) is 2.44. The van der Waals surface area contributed by atoms with Crippen molar-refractivity contribution in [3.05, 3.63) is 29.6 Å². The van der Waals surface area contributed by atoms with Gasteiger partial charge in [0, 0.05) is 12.1 Å². The van der Waals surface area contributed by atoms with Crippen LogP contribution in [0.1, 0.15) is 17.9 Å². The predicted octanol–water partition coefficient (Wildman–Crippen LogP) is 0.327. The molecule has 0 aromatic heterocycles. The lowest BCUT2D eigenvalue weighted by atomic mass is 9.90. The Bertz CT molecular complexity index is 657. The van der Waals surface area contributed by atoms with Crippen molar-refractivity contribution in [2.75, 3.05) is 11.6 Å². The number of fused-ring (bicyclic) bond motifs is 1. The van der Waals surface area contributed by atoms with Gasteiger partial charge in [0.1, 0.15) is 5.82 Å². The minimum atomic E-state index is -3.71. The molecule has 1 aromatic carbocycles. The van der Waals surface area contributed by atoms with E-state index in [0.717, 1.165) is 18.4 Å². The van der Waals surface area contributed by atoms with E-state index in [4.69, 9.17) is 0 Å². The average Bonchev–Trinajstić information content (AvgIpc) is 2.24. The molecule has 2 amide bonds. The maximum Gasteiger partial charge on any atom is 0.241 e. The van der Waals surface area contributed by atoms with Gasteiger partial charge in [-0.1, -0.05) is 6.07 Å². The summed E-state index contributed by atoms with van der Waals surface area (Å²) in [6.07, 6.45) is 0.666. The maximum atomic E-state index is 13.1. The lowest BCUT2D eigenvalue weighted by molar-refractivity contribution is -0.125. The number of halogens is 1. The van der Waals surface area contributed by atoms with Gasteiger partial charge in [-0.25, -0.2) is 12.8 Å². The number of hydrogen-bond acceptors (Lipinski definition) is 4. The number of carbonyl (C=O) groups excluding carboxylic acids is 2. The van der Waals surface area contributed by atoms with E-state index in [1.807, 2.05) is 4.72 Å². The minimum absolute atomic E-state index is 0.181. The molecule has 8 heteroatoms. The fourth-order valence-corrected chi connectivity index (χ4v) is 2.43. The zero-order valence-corrected chi connectivity index (χ0v) is 10.8. The van der Waals surface area contributed by atoms with Crippen LogP contribution in [0.25, 0.3) is 0 Å². The second kappa shape index (κ2) is 4.61. The standard InChI is InChI=1S/C11H11FN2O4S/c1-19(17,18)14-11(16)8-5-10(15)13-9-4-6(12)2-3-7(8)9/h2-4,8H,5H2,1H3,(H,13,15)(H,14,16)/t8-/m0/s1. The van der Waals surface area contributed by atoms with E-state index in [9.17, 15) is 22.4 Å². The van der Waals surface area contributed by atoms with Gasteiger partial charge in [-0.05, 0) is 17.7 Å². The van der Waals surface area contributed by atoms with E-state index >= 15 is 0 Å². The molecule has 2 N–H and O–H groups in total. The van der Waals surface area contributed by atoms with Crippen molar-refractivity contribution >= 4 is 27.5 Å². The van der Waals surface area contributed by atoms with Crippen molar-refractivity contribution in [2.45, 2.75) is 12.3 Å². The Kier molecular flexibility index (Phi) is 3.27. The number of amides is 2. The average molecular weight is 286 g/mol. The van der Waals surface area contributed by atoms with E-state index in [2.05, 4.69) is 5.32 Å². The Morgan fingerprint density at radius 1 is 1.47 bits per heavy atom. The third-order valence-corrected chi connectivity index (χ3v) is 3.23. The smallest absolute Gasteiger partial charge is 0.241 e. The molecule has 0 radical (unpaired) electrons. The zero-order chi connectivity index (χ0) is 14.2. The first-order valence-electron chi connectivity index (χ1n) is 5.37. The Hall–Kier alpha value is -1.96. The van der Waals surface area contributed by atoms with Crippen LogP contribution in [-0.4, -0.2) is 26.5 Å². The monoisotopic (exact) mass is 286 g/mol. The third kappa shape index (κ3) is 3.08. The summed E-state index contributed by atoms with van der Waals surface area (Å²) in [6, 6.07) is 3.60. The van der Waals surface area contributed by atoms with Gasteiger partial charge >= 0.3 is 0 Å². The van der Waals surface area contributed by atoms with E-state index in [0.29, 0.717) is 5.56 Å². The van der Waals surface area contributed by atoms with Crippen molar-refractivity contribution < 1.29 is 22.4 Å². The highest BCUT2D eigenvalue weighted by Crippen LogP contribution is 2.32. The topological polar surface area (TPSA) is 92.3 Å². The summed E-state index contributed by atoms with van der Waals surface area (Å²) < 4.78 is 37.0. The molecule has 1 aliphatic heterocycles. The molecule has 0 saturated heterocycles. The van der Waals surface area contributed by atoms with Gasteiger partial charge in [-0.2, -0.15) is 0 Å². The van der Waals surface area contributed by atoms with Crippen LogP contribution in [0.3, 0.4) is 0 Å². The first kappa shape index (κ1) is 13.5. The molecular formula is C11H11FN2O4S. The van der Waals surface area contributed by atoms with Crippen LogP contribution in [-0.2, 0) is 19.6 Å². The second-order valence-electron chi connectivity index (χ2n) is 4.27. The Morgan fingerprint density at radius 2 is 2.16 bits per heavy atom. The minimum Gasteiger partial charge on any atom is -0.326 e. The number of nitrogens with one attached hydrogen (secondary N) is 2. The van der Waals surface area contributed by atoms with Crippen LogP contribution in [0, 0.1) is 5.82 Å². The molecule has 1 aromatic rings. The quantitative estimate of drug-likeness (QED) is 0.819. The third-order valence-electron chi connectivity index (χ3n) is 2.66. The molecule has 2 rings (SSSR count). The number of carbonyl (C=O) groups is 2. The Balaban J connectivity index is 2.38. The molecule has 0 spiro atoms. The van der Waals surface area contributed by atoms with E-state index in [1.54, 1.807) is 0 Å². The highest BCUT2D eigenvalue weighted by Gasteiger charge is 2.32. The molecular weight excluding hydrogens is 275 g/mol. The number of benzene rings is 1. The van der Waals surface area contributed by atoms with Crippen LogP contribution in [0.15, 0.2) is 18.2 Å². The maximum absolute atomic E-state index is 13.1. The van der Waals surface area contributed by atoms with Crippen molar-refractivity contribution in [3.8, 4) is 0 Å². The molecule has 1 aliphatic rings. The molecule has 0 aliphatic carbocycles. The molecule has 102 valence electrons. The van der Waals surface area contributed by atoms with Gasteiger partial charge in [0.2, 0.25) is 21.8 Å². The highest BCUT2D eigenvalue weighted by molar-refractivity contribution is 7.89. The number of hydrogen-bond donors (Lipinski definition) is 2. The number of anilines is 1. The van der Waals surface area contributed by atoms with E-state index in [-0.39, 0.29) is 12.1 Å². The van der Waals surface area contributed by atoms with Crippen LogP contribution < -0.4 is 10.0 Å². The second-order valence-corrected chi connectivity index (χ2v) is 6.02. The van der Waals surface area contributed by atoms with Crippen molar-refractivity contribution in [1.82, 2.24) is 4.72 Å². The number of rotatable bonds is 2. The molecule has 0 unspecified atom stereocenters. The summed E-state index contributed by atoms with van der Waals surface area (Å²) in [5.74, 6) is -2.76. The fraction of sp³-hybridized carbons (Fsp3) is 0.273. The normalized spacial score (nSPS) is 18.4. The summed E-state index contributed by atoms with van der Waals surface area (Å²) in [5.41, 5.74) is 0.576. The van der Waals surface area contributed by atoms with Crippen molar-refractivity contribution in [1.29, 1.82) is 0 Å². The highest BCUT2D eigenvalue weighted by atomic mass is 32.2. The lowest BCUT2D eigenvalue weighted by Gasteiger charge is -2.24. The molecule has 19 heavy (non-hydrogen) atoms. The summed E-state index contributed by atoms with van der Waals surface area (Å²) in [6.45, 7) is 0. The molecule has 0 saturated carbocycles. The van der Waals surface area contributed by atoms with Crippen LogP contribution in [0.5, 0.6) is 0 Å². The van der Waals surface area contributed by atoms with Crippen LogP contribution in [0.4, 0.5) is 10.1 Å². The molecule has 0 bridgehead atoms. The van der Waals surface area contributed by atoms with Crippen LogP contribution >= 0.6 is 0 Å². The zero-order valence-electron chi connectivity index (χ0n) is 9.94. The molecule has 6 nitrogen and oxygen atoms in total. The van der Waals surface area contributed by atoms with E-state index < -0.39 is 33.6 Å². The van der Waals surface area contributed by atoms with Crippen molar-refractivity contribution in [3.63, 3.8) is 0 Å². The molecule has 1 atom stereocenters. The van der Waals surface area contributed by atoms with Crippen LogP contribution in [0.2, 0.25) is 0 Å². The summed E-state index contributed by atoms with van der Waals surface area (Å²) >= 11 is 0. The van der Waals surface area contributed by atoms with Gasteiger partial charge in [0.15, 0.2) is 0 Å². The fourth-order valence-electron chi connectivity index (χ4n) is 1.92. The van der Waals surface area contributed by atoms with Crippen molar-refractivity contribution in [2.24, 2.45) is 0 Å². The van der Waals surface area contributed by atoms with E-state index in [1.165, 1.54) is 6.07 Å². The summed E-state index contributed by atoms with van der Waals surface area (Å²) in [7, 11) is -3.71. The first-order valence-corrected chi connectivity index (χ1v) is 7.26. The SMILES string of the molecule is CS(=O)(=O)NC(=O)[C@H]1CC(=O)Nc2cc(F)ccc21. The first-order chi connectivity index (χ1) is 8.76. The van der Waals surface area contributed by atoms with Gasteiger partial charge in [0.25, 0.3) is 0 Å². The summed E-state index contributed by atoms with van der Waals surface area (Å²) in [4.78, 5) is 23.3. The van der Waals surface area contributed by atoms with Gasteiger partial charge in [0.05, 0.1) is 12.2 Å². The molecule has 0 fully saturated rings. The lowest BCUT2D eigenvalue weighted by Crippen LogP contribution is -2.37. The largest absolute Gasteiger partial charge is 0.326 e. The number of sulfonamides is 1. The Labute approximate surface area is 109 Å². The van der Waals surface area contributed by atoms with Gasteiger partial charge in [-0.15, -0.1) is 0 Å².